The Bertz CT molecular complexity index is 982. The van der Waals surface area contributed by atoms with Gasteiger partial charge in [0.2, 0.25) is 5.91 Å². The van der Waals surface area contributed by atoms with Gasteiger partial charge in [-0.15, -0.1) is 5.10 Å². The van der Waals surface area contributed by atoms with E-state index in [1.54, 1.807) is 0 Å². The minimum Gasteiger partial charge on any atom is -0.490 e. The van der Waals surface area contributed by atoms with Gasteiger partial charge in [0, 0.05) is 17.7 Å². The van der Waals surface area contributed by atoms with E-state index >= 15 is 0 Å². The van der Waals surface area contributed by atoms with E-state index in [4.69, 9.17) is 9.47 Å². The fourth-order valence-corrected chi connectivity index (χ4v) is 3.13. The van der Waals surface area contributed by atoms with Crippen LogP contribution in [0, 0.1) is 0 Å². The normalized spacial score (nSPS) is 13.1. The third-order valence-corrected chi connectivity index (χ3v) is 4.77. The van der Waals surface area contributed by atoms with E-state index in [0.29, 0.717) is 37.8 Å². The monoisotopic (exact) mass is 407 g/mol. The van der Waals surface area contributed by atoms with E-state index in [0.717, 1.165) is 35.7 Å². The highest BCUT2D eigenvalue weighted by Gasteiger charge is 2.28. The molecule has 30 heavy (non-hydrogen) atoms. The van der Waals surface area contributed by atoms with Crippen LogP contribution in [-0.2, 0) is 4.79 Å². The SMILES string of the molecule is CCOc1ccccc1OCCCC(=O)Nc1ccc(-c2nnnn2C2CC2)cc1. The molecule has 8 heteroatoms. The van der Waals surface area contributed by atoms with Gasteiger partial charge in [-0.2, -0.15) is 0 Å². The van der Waals surface area contributed by atoms with Gasteiger partial charge in [0.15, 0.2) is 17.3 Å². The first-order valence-corrected chi connectivity index (χ1v) is 10.3. The first kappa shape index (κ1) is 19.9. The number of hydrogen-bond donors (Lipinski definition) is 1. The van der Waals surface area contributed by atoms with Crippen molar-refractivity contribution in [2.45, 2.75) is 38.6 Å². The summed E-state index contributed by atoms with van der Waals surface area (Å²) in [6.07, 6.45) is 3.22. The van der Waals surface area contributed by atoms with Crippen molar-refractivity contribution in [3.05, 3.63) is 48.5 Å². The molecule has 0 unspecified atom stereocenters. The topological polar surface area (TPSA) is 91.2 Å². The Morgan fingerprint density at radius 1 is 1.10 bits per heavy atom. The van der Waals surface area contributed by atoms with Crippen LogP contribution in [-0.4, -0.2) is 39.3 Å². The summed E-state index contributed by atoms with van der Waals surface area (Å²) in [5, 5.41) is 14.9. The van der Waals surface area contributed by atoms with Gasteiger partial charge in [-0.05, 0) is 73.0 Å². The molecule has 2 aromatic carbocycles. The van der Waals surface area contributed by atoms with Crippen molar-refractivity contribution in [1.29, 1.82) is 0 Å². The lowest BCUT2D eigenvalue weighted by Crippen LogP contribution is -2.13. The Balaban J connectivity index is 1.24. The molecular weight excluding hydrogens is 382 g/mol. The molecule has 8 nitrogen and oxygen atoms in total. The summed E-state index contributed by atoms with van der Waals surface area (Å²) < 4.78 is 13.2. The second-order valence-corrected chi connectivity index (χ2v) is 7.14. The van der Waals surface area contributed by atoms with Gasteiger partial charge in [0.25, 0.3) is 0 Å². The Kier molecular flexibility index (Phi) is 6.22. The molecule has 1 saturated carbocycles. The zero-order chi connectivity index (χ0) is 20.8. The van der Waals surface area contributed by atoms with Crippen molar-refractivity contribution >= 4 is 11.6 Å². The average molecular weight is 407 g/mol. The lowest BCUT2D eigenvalue weighted by molar-refractivity contribution is -0.116. The highest BCUT2D eigenvalue weighted by molar-refractivity contribution is 5.90. The zero-order valence-corrected chi connectivity index (χ0v) is 17.0. The molecule has 0 atom stereocenters. The van der Waals surface area contributed by atoms with Crippen molar-refractivity contribution in [3.8, 4) is 22.9 Å². The number of hydrogen-bond acceptors (Lipinski definition) is 6. The van der Waals surface area contributed by atoms with Crippen LogP contribution in [0.3, 0.4) is 0 Å². The van der Waals surface area contributed by atoms with Crippen LogP contribution < -0.4 is 14.8 Å². The molecule has 4 rings (SSSR count). The highest BCUT2D eigenvalue weighted by atomic mass is 16.5. The van der Waals surface area contributed by atoms with E-state index in [-0.39, 0.29) is 5.91 Å². The van der Waals surface area contributed by atoms with E-state index in [1.165, 1.54) is 0 Å². The number of para-hydroxylation sites is 2. The number of benzene rings is 2. The maximum absolute atomic E-state index is 12.2. The molecule has 1 fully saturated rings. The molecule has 1 amide bonds. The van der Waals surface area contributed by atoms with Crippen molar-refractivity contribution < 1.29 is 14.3 Å². The number of aromatic nitrogens is 4. The minimum absolute atomic E-state index is 0.0488. The molecule has 0 saturated heterocycles. The Morgan fingerprint density at radius 2 is 1.83 bits per heavy atom. The molecule has 1 aliphatic carbocycles. The lowest BCUT2D eigenvalue weighted by atomic mass is 10.2. The molecule has 1 aromatic heterocycles. The van der Waals surface area contributed by atoms with Crippen LogP contribution in [0.15, 0.2) is 48.5 Å². The van der Waals surface area contributed by atoms with Crippen LogP contribution in [0.4, 0.5) is 5.69 Å². The Labute approximate surface area is 175 Å². The van der Waals surface area contributed by atoms with Gasteiger partial charge in [-0.3, -0.25) is 4.79 Å². The first-order chi connectivity index (χ1) is 14.7. The molecule has 1 N–H and O–H groups in total. The summed E-state index contributed by atoms with van der Waals surface area (Å²) in [7, 11) is 0. The van der Waals surface area contributed by atoms with Gasteiger partial charge in [0.1, 0.15) is 0 Å². The number of tetrazole rings is 1. The highest BCUT2D eigenvalue weighted by Crippen LogP contribution is 2.36. The molecular formula is C22H25N5O3. The molecule has 156 valence electrons. The van der Waals surface area contributed by atoms with Crippen molar-refractivity contribution in [2.24, 2.45) is 0 Å². The number of nitrogens with zero attached hydrogens (tertiary/aromatic N) is 4. The second kappa shape index (κ2) is 9.39. The van der Waals surface area contributed by atoms with Crippen LogP contribution in [0.5, 0.6) is 11.5 Å². The number of amides is 1. The lowest BCUT2D eigenvalue weighted by Gasteiger charge is -2.11. The Hall–Kier alpha value is -3.42. The summed E-state index contributed by atoms with van der Waals surface area (Å²) in [6.45, 7) is 2.96. The molecule has 0 radical (unpaired) electrons. The average Bonchev–Trinajstić information content (AvgIpc) is 3.49. The summed E-state index contributed by atoms with van der Waals surface area (Å²) in [4.78, 5) is 12.2. The minimum atomic E-state index is -0.0488. The predicted octanol–water partition coefficient (Wildman–Crippen LogP) is 3.87. The maximum atomic E-state index is 12.2. The van der Waals surface area contributed by atoms with Crippen molar-refractivity contribution in [3.63, 3.8) is 0 Å². The molecule has 1 aliphatic rings. The largest absolute Gasteiger partial charge is 0.490 e. The van der Waals surface area contributed by atoms with Gasteiger partial charge in [0.05, 0.1) is 19.3 Å². The number of carbonyl (C=O) groups excluding carboxylic acids is 1. The van der Waals surface area contributed by atoms with E-state index < -0.39 is 0 Å². The predicted molar refractivity (Wildman–Crippen MR) is 112 cm³/mol. The standard InChI is InChI=1S/C22H25N5O3/c1-2-29-19-6-3-4-7-20(19)30-15-5-8-21(28)23-17-11-9-16(10-12-17)22-24-25-26-27(22)18-13-14-18/h3-4,6-7,9-12,18H,2,5,8,13-15H2,1H3,(H,23,28). The smallest absolute Gasteiger partial charge is 0.224 e. The number of nitrogens with one attached hydrogen (secondary N) is 1. The van der Waals surface area contributed by atoms with Gasteiger partial charge < -0.3 is 14.8 Å². The van der Waals surface area contributed by atoms with E-state index in [1.807, 2.05) is 60.1 Å². The molecule has 0 bridgehead atoms. The van der Waals surface area contributed by atoms with Crippen LogP contribution >= 0.6 is 0 Å². The van der Waals surface area contributed by atoms with Crippen LogP contribution in [0.2, 0.25) is 0 Å². The van der Waals surface area contributed by atoms with Gasteiger partial charge in [-0.25, -0.2) is 4.68 Å². The van der Waals surface area contributed by atoms with Crippen molar-refractivity contribution in [1.82, 2.24) is 20.2 Å². The second-order valence-electron chi connectivity index (χ2n) is 7.14. The third-order valence-electron chi connectivity index (χ3n) is 4.77. The zero-order valence-electron chi connectivity index (χ0n) is 17.0. The van der Waals surface area contributed by atoms with Gasteiger partial charge >= 0.3 is 0 Å². The summed E-state index contributed by atoms with van der Waals surface area (Å²) >= 11 is 0. The fourth-order valence-electron chi connectivity index (χ4n) is 3.13. The summed E-state index contributed by atoms with van der Waals surface area (Å²) in [5.74, 6) is 2.13. The van der Waals surface area contributed by atoms with E-state index in [2.05, 4.69) is 20.8 Å². The first-order valence-electron chi connectivity index (χ1n) is 10.3. The number of ether oxygens (including phenoxy) is 2. The Morgan fingerprint density at radius 3 is 2.53 bits per heavy atom. The maximum Gasteiger partial charge on any atom is 0.224 e. The fraction of sp³-hybridized carbons (Fsp3) is 0.364. The van der Waals surface area contributed by atoms with E-state index in [9.17, 15) is 4.79 Å². The van der Waals surface area contributed by atoms with Crippen LogP contribution in [0.1, 0.15) is 38.6 Å². The van der Waals surface area contributed by atoms with Crippen molar-refractivity contribution in [2.75, 3.05) is 18.5 Å². The molecule has 0 spiro atoms. The van der Waals surface area contributed by atoms with Crippen LogP contribution in [0.25, 0.3) is 11.4 Å². The number of rotatable bonds is 10. The molecule has 1 heterocycles. The quantitative estimate of drug-likeness (QED) is 0.513. The van der Waals surface area contributed by atoms with Gasteiger partial charge in [-0.1, -0.05) is 12.1 Å². The number of anilines is 1. The molecule has 0 aliphatic heterocycles. The third kappa shape index (κ3) is 4.94. The summed E-state index contributed by atoms with van der Waals surface area (Å²) in [6, 6.07) is 15.5. The molecule has 3 aromatic rings. The number of carbonyl (C=O) groups is 1. The summed E-state index contributed by atoms with van der Waals surface area (Å²) in [5.41, 5.74) is 1.68.